The number of likely N-dealkylation sites (tertiary alicyclic amines) is 1. The van der Waals surface area contributed by atoms with Crippen molar-refractivity contribution >= 4 is 5.97 Å². The van der Waals surface area contributed by atoms with E-state index in [1.807, 2.05) is 6.92 Å². The molecule has 0 saturated carbocycles. The first-order chi connectivity index (χ1) is 9.60. The molecule has 0 spiro atoms. The van der Waals surface area contributed by atoms with Gasteiger partial charge >= 0.3 is 5.97 Å². The number of ether oxygens (including phenoxy) is 1. The Kier molecular flexibility index (Phi) is 5.09. The molecule has 5 heteroatoms. The number of hydrogen-bond acceptors (Lipinski definition) is 3. The summed E-state index contributed by atoms with van der Waals surface area (Å²) in [5.41, 5.74) is 0.533. The zero-order valence-electron chi connectivity index (χ0n) is 11.6. The Morgan fingerprint density at radius 3 is 2.70 bits per heavy atom. The highest BCUT2D eigenvalue weighted by Crippen LogP contribution is 2.18. The van der Waals surface area contributed by atoms with Gasteiger partial charge in [-0.3, -0.25) is 4.90 Å². The third kappa shape index (κ3) is 3.77. The fourth-order valence-electron chi connectivity index (χ4n) is 2.52. The third-order valence-electron chi connectivity index (χ3n) is 3.63. The van der Waals surface area contributed by atoms with Crippen LogP contribution in [-0.4, -0.2) is 41.8 Å². The molecule has 0 aromatic heterocycles. The average molecular weight is 281 g/mol. The number of benzene rings is 1. The van der Waals surface area contributed by atoms with Gasteiger partial charge in [-0.1, -0.05) is 6.07 Å². The molecule has 1 aliphatic heterocycles. The van der Waals surface area contributed by atoms with Gasteiger partial charge in [-0.15, -0.1) is 0 Å². The van der Waals surface area contributed by atoms with Crippen molar-refractivity contribution < 1.29 is 19.0 Å². The van der Waals surface area contributed by atoms with E-state index in [1.165, 1.54) is 6.07 Å². The van der Waals surface area contributed by atoms with Crippen LogP contribution in [0, 0.1) is 5.82 Å². The number of carboxylic acids is 1. The lowest BCUT2D eigenvalue weighted by Gasteiger charge is -2.31. The van der Waals surface area contributed by atoms with Crippen molar-refractivity contribution in [3.63, 3.8) is 0 Å². The maximum absolute atomic E-state index is 13.8. The van der Waals surface area contributed by atoms with E-state index < -0.39 is 11.8 Å². The van der Waals surface area contributed by atoms with Gasteiger partial charge in [0.1, 0.15) is 5.82 Å². The Balaban J connectivity index is 1.93. The largest absolute Gasteiger partial charge is 0.478 e. The van der Waals surface area contributed by atoms with Crippen LogP contribution in [0.2, 0.25) is 0 Å². The molecule has 0 amide bonds. The van der Waals surface area contributed by atoms with Crippen LogP contribution in [0.5, 0.6) is 0 Å². The van der Waals surface area contributed by atoms with E-state index in [1.54, 1.807) is 6.07 Å². The number of hydrogen-bond donors (Lipinski definition) is 1. The summed E-state index contributed by atoms with van der Waals surface area (Å²) >= 11 is 0. The van der Waals surface area contributed by atoms with Crippen LogP contribution in [0.25, 0.3) is 0 Å². The molecular weight excluding hydrogens is 261 g/mol. The summed E-state index contributed by atoms with van der Waals surface area (Å²) in [5.74, 6) is -1.55. The summed E-state index contributed by atoms with van der Waals surface area (Å²) in [4.78, 5) is 12.9. The van der Waals surface area contributed by atoms with E-state index in [2.05, 4.69) is 4.90 Å². The van der Waals surface area contributed by atoms with Gasteiger partial charge in [-0.25, -0.2) is 9.18 Å². The van der Waals surface area contributed by atoms with E-state index in [4.69, 9.17) is 9.84 Å². The maximum Gasteiger partial charge on any atom is 0.335 e. The number of carbonyl (C=O) groups is 1. The zero-order chi connectivity index (χ0) is 14.5. The SMILES string of the molecule is CCOC1CCN(Cc2ccc(C(=O)O)cc2F)CC1. The van der Waals surface area contributed by atoms with Crippen LogP contribution in [0.1, 0.15) is 35.7 Å². The molecule has 1 fully saturated rings. The molecular formula is C15H20FNO3. The first-order valence-corrected chi connectivity index (χ1v) is 6.95. The molecule has 1 aromatic carbocycles. The predicted molar refractivity (Wildman–Crippen MR) is 73.3 cm³/mol. The van der Waals surface area contributed by atoms with E-state index >= 15 is 0 Å². The topological polar surface area (TPSA) is 49.8 Å². The Morgan fingerprint density at radius 2 is 2.15 bits per heavy atom. The number of nitrogens with zero attached hydrogens (tertiary/aromatic N) is 1. The number of piperidine rings is 1. The maximum atomic E-state index is 13.8. The smallest absolute Gasteiger partial charge is 0.335 e. The lowest BCUT2D eigenvalue weighted by Crippen LogP contribution is -2.36. The summed E-state index contributed by atoms with van der Waals surface area (Å²) < 4.78 is 19.4. The van der Waals surface area contributed by atoms with Crippen molar-refractivity contribution in [2.24, 2.45) is 0 Å². The van der Waals surface area contributed by atoms with Crippen LogP contribution in [0.4, 0.5) is 4.39 Å². The van der Waals surface area contributed by atoms with Crippen LogP contribution >= 0.6 is 0 Å². The lowest BCUT2D eigenvalue weighted by atomic mass is 10.1. The highest BCUT2D eigenvalue weighted by molar-refractivity contribution is 5.87. The van der Waals surface area contributed by atoms with Gasteiger partial charge in [0.05, 0.1) is 11.7 Å². The number of carboxylic acid groups (broad SMARTS) is 1. The summed E-state index contributed by atoms with van der Waals surface area (Å²) in [6.45, 7) is 5.00. The molecule has 4 nitrogen and oxygen atoms in total. The van der Waals surface area contributed by atoms with E-state index in [0.717, 1.165) is 38.6 Å². The second-order valence-electron chi connectivity index (χ2n) is 5.04. The summed E-state index contributed by atoms with van der Waals surface area (Å²) in [6.07, 6.45) is 2.24. The third-order valence-corrected chi connectivity index (χ3v) is 3.63. The van der Waals surface area contributed by atoms with Crippen molar-refractivity contribution in [2.75, 3.05) is 19.7 Å². The second-order valence-corrected chi connectivity index (χ2v) is 5.04. The summed E-state index contributed by atoms with van der Waals surface area (Å²) in [7, 11) is 0. The summed E-state index contributed by atoms with van der Waals surface area (Å²) in [5, 5.41) is 8.81. The Labute approximate surface area is 118 Å². The van der Waals surface area contributed by atoms with Crippen molar-refractivity contribution in [3.05, 3.63) is 35.1 Å². The normalized spacial score (nSPS) is 17.3. The highest BCUT2D eigenvalue weighted by atomic mass is 19.1. The zero-order valence-corrected chi connectivity index (χ0v) is 11.6. The van der Waals surface area contributed by atoms with E-state index in [0.29, 0.717) is 18.2 Å². The monoisotopic (exact) mass is 281 g/mol. The molecule has 1 saturated heterocycles. The minimum absolute atomic E-state index is 0.0127. The second kappa shape index (κ2) is 6.81. The van der Waals surface area contributed by atoms with Crippen molar-refractivity contribution in [2.45, 2.75) is 32.4 Å². The molecule has 1 aromatic rings. The number of halogens is 1. The lowest BCUT2D eigenvalue weighted by molar-refractivity contribution is 0.0123. The van der Waals surface area contributed by atoms with Gasteiger partial charge in [0, 0.05) is 31.8 Å². The average Bonchev–Trinajstić information content (AvgIpc) is 2.43. The minimum Gasteiger partial charge on any atom is -0.478 e. The quantitative estimate of drug-likeness (QED) is 0.901. The van der Waals surface area contributed by atoms with Crippen molar-refractivity contribution in [1.29, 1.82) is 0 Å². The summed E-state index contributed by atoms with van der Waals surface area (Å²) in [6, 6.07) is 4.10. The molecule has 0 bridgehead atoms. The first-order valence-electron chi connectivity index (χ1n) is 6.95. The molecule has 1 heterocycles. The van der Waals surface area contributed by atoms with Crippen LogP contribution < -0.4 is 0 Å². The van der Waals surface area contributed by atoms with Gasteiger partial charge in [0.2, 0.25) is 0 Å². The van der Waals surface area contributed by atoms with Gasteiger partial charge in [-0.2, -0.15) is 0 Å². The Bertz CT molecular complexity index is 470. The number of aromatic carboxylic acids is 1. The standard InChI is InChI=1S/C15H20FNO3/c1-2-20-13-5-7-17(8-6-13)10-12-4-3-11(15(18)19)9-14(12)16/h3-4,9,13H,2,5-8,10H2,1H3,(H,18,19). The fraction of sp³-hybridized carbons (Fsp3) is 0.533. The molecule has 0 unspecified atom stereocenters. The molecule has 110 valence electrons. The van der Waals surface area contributed by atoms with Gasteiger partial charge in [0.25, 0.3) is 0 Å². The van der Waals surface area contributed by atoms with Crippen LogP contribution in [0.15, 0.2) is 18.2 Å². The fourth-order valence-corrected chi connectivity index (χ4v) is 2.52. The first kappa shape index (κ1) is 14.9. The highest BCUT2D eigenvalue weighted by Gasteiger charge is 2.20. The minimum atomic E-state index is -1.10. The van der Waals surface area contributed by atoms with Gasteiger partial charge in [-0.05, 0) is 31.9 Å². The van der Waals surface area contributed by atoms with Crippen LogP contribution in [-0.2, 0) is 11.3 Å². The van der Waals surface area contributed by atoms with E-state index in [9.17, 15) is 9.18 Å². The molecule has 0 atom stereocenters. The Morgan fingerprint density at radius 1 is 1.45 bits per heavy atom. The molecule has 0 aliphatic carbocycles. The van der Waals surface area contributed by atoms with E-state index in [-0.39, 0.29) is 5.56 Å². The van der Waals surface area contributed by atoms with Crippen LogP contribution in [0.3, 0.4) is 0 Å². The van der Waals surface area contributed by atoms with Crippen molar-refractivity contribution in [1.82, 2.24) is 4.90 Å². The Hall–Kier alpha value is -1.46. The molecule has 1 N–H and O–H groups in total. The van der Waals surface area contributed by atoms with Crippen molar-refractivity contribution in [3.8, 4) is 0 Å². The predicted octanol–water partition coefficient (Wildman–Crippen LogP) is 2.52. The van der Waals surface area contributed by atoms with Gasteiger partial charge < -0.3 is 9.84 Å². The molecule has 2 rings (SSSR count). The molecule has 1 aliphatic rings. The van der Waals surface area contributed by atoms with Gasteiger partial charge in [0.15, 0.2) is 0 Å². The molecule has 20 heavy (non-hydrogen) atoms. The molecule has 0 radical (unpaired) electrons. The number of rotatable bonds is 5.